The van der Waals surface area contributed by atoms with Crippen LogP contribution in [-0.4, -0.2) is 26.4 Å². The molecule has 5 nitrogen and oxygen atoms in total. The monoisotopic (exact) mass is 388 g/mol. The molecule has 146 valence electrons. The van der Waals surface area contributed by atoms with Gasteiger partial charge in [-0.15, -0.1) is 0 Å². The van der Waals surface area contributed by atoms with Gasteiger partial charge in [0.25, 0.3) is 10.0 Å². The highest BCUT2D eigenvalue weighted by Gasteiger charge is 2.29. The molecule has 27 heavy (non-hydrogen) atoms. The van der Waals surface area contributed by atoms with E-state index in [9.17, 15) is 13.2 Å². The van der Waals surface area contributed by atoms with E-state index in [1.165, 1.54) is 4.31 Å². The highest BCUT2D eigenvalue weighted by Crippen LogP contribution is 2.28. The van der Waals surface area contributed by atoms with E-state index < -0.39 is 15.6 Å². The molecule has 0 aliphatic carbocycles. The number of carbonyl (C=O) groups is 1. The Labute approximate surface area is 162 Å². The van der Waals surface area contributed by atoms with Crippen molar-refractivity contribution in [3.63, 3.8) is 0 Å². The van der Waals surface area contributed by atoms with Crippen molar-refractivity contribution in [2.75, 3.05) is 10.8 Å². The minimum Gasteiger partial charge on any atom is -0.350 e. The van der Waals surface area contributed by atoms with Gasteiger partial charge < -0.3 is 5.32 Å². The molecule has 0 fully saturated rings. The molecular weight excluding hydrogens is 360 g/mol. The van der Waals surface area contributed by atoms with Gasteiger partial charge in [0, 0.05) is 5.54 Å². The number of nitrogens with zero attached hydrogens (tertiary/aromatic N) is 1. The molecule has 6 heteroatoms. The molecular formula is C21H28N2O3S. The molecule has 0 aliphatic heterocycles. The highest BCUT2D eigenvalue weighted by atomic mass is 32.2. The predicted octanol–water partition coefficient (Wildman–Crippen LogP) is 3.80. The van der Waals surface area contributed by atoms with Gasteiger partial charge in [-0.25, -0.2) is 8.42 Å². The molecule has 0 saturated heterocycles. The summed E-state index contributed by atoms with van der Waals surface area (Å²) in [5.41, 5.74) is 1.92. The average molecular weight is 389 g/mol. The van der Waals surface area contributed by atoms with Gasteiger partial charge in [-0.1, -0.05) is 37.3 Å². The van der Waals surface area contributed by atoms with Crippen molar-refractivity contribution in [3.05, 3.63) is 59.7 Å². The summed E-state index contributed by atoms with van der Waals surface area (Å²) >= 11 is 0. The first kappa shape index (κ1) is 21.0. The fourth-order valence-electron chi connectivity index (χ4n) is 2.66. The van der Waals surface area contributed by atoms with Crippen molar-refractivity contribution in [2.24, 2.45) is 0 Å². The summed E-state index contributed by atoms with van der Waals surface area (Å²) in [4.78, 5) is 12.8. The highest BCUT2D eigenvalue weighted by molar-refractivity contribution is 7.92. The molecule has 1 N–H and O–H groups in total. The quantitative estimate of drug-likeness (QED) is 0.784. The number of nitrogens with one attached hydrogen (secondary N) is 1. The van der Waals surface area contributed by atoms with E-state index in [1.54, 1.807) is 42.5 Å². The van der Waals surface area contributed by atoms with E-state index in [4.69, 9.17) is 0 Å². The van der Waals surface area contributed by atoms with Crippen LogP contribution in [0, 0.1) is 13.8 Å². The van der Waals surface area contributed by atoms with E-state index in [0.717, 1.165) is 17.5 Å². The lowest BCUT2D eigenvalue weighted by molar-refractivity contribution is -0.121. The van der Waals surface area contributed by atoms with E-state index >= 15 is 0 Å². The van der Waals surface area contributed by atoms with Crippen LogP contribution in [0.2, 0.25) is 0 Å². The fourth-order valence-corrected chi connectivity index (χ4v) is 4.16. The van der Waals surface area contributed by atoms with Crippen molar-refractivity contribution in [3.8, 4) is 0 Å². The second kappa shape index (κ2) is 8.13. The van der Waals surface area contributed by atoms with Gasteiger partial charge in [-0.3, -0.25) is 9.10 Å². The molecule has 2 rings (SSSR count). The number of amides is 1. The molecule has 2 aromatic carbocycles. The Bertz CT molecular complexity index is 906. The van der Waals surface area contributed by atoms with Crippen molar-refractivity contribution >= 4 is 21.6 Å². The van der Waals surface area contributed by atoms with Crippen LogP contribution in [-0.2, 0) is 14.8 Å². The minimum absolute atomic E-state index is 0.161. The lowest BCUT2D eigenvalue weighted by Gasteiger charge is -2.29. The van der Waals surface area contributed by atoms with Gasteiger partial charge >= 0.3 is 0 Å². The number of carbonyl (C=O) groups excluding carboxylic acids is 1. The van der Waals surface area contributed by atoms with Crippen molar-refractivity contribution < 1.29 is 13.2 Å². The second-order valence-corrected chi connectivity index (χ2v) is 9.19. The molecule has 0 unspecified atom stereocenters. The number of benzene rings is 2. The Morgan fingerprint density at radius 2 is 1.67 bits per heavy atom. The fraction of sp³-hybridized carbons (Fsp3) is 0.381. The van der Waals surface area contributed by atoms with Crippen LogP contribution in [0.4, 0.5) is 5.69 Å². The largest absolute Gasteiger partial charge is 0.350 e. The van der Waals surface area contributed by atoms with Gasteiger partial charge in [-0.05, 0) is 63.4 Å². The number of hydrogen-bond donors (Lipinski definition) is 1. The zero-order valence-electron chi connectivity index (χ0n) is 16.6. The van der Waals surface area contributed by atoms with Gasteiger partial charge in [0.05, 0.1) is 10.6 Å². The molecule has 0 atom stereocenters. The summed E-state index contributed by atoms with van der Waals surface area (Å²) in [5.74, 6) is -0.331. The summed E-state index contributed by atoms with van der Waals surface area (Å²) in [6.07, 6.45) is 0.744. The van der Waals surface area contributed by atoms with Crippen LogP contribution in [0.25, 0.3) is 0 Å². The summed E-state index contributed by atoms with van der Waals surface area (Å²) in [5, 5.41) is 2.92. The Kier molecular flexibility index (Phi) is 6.31. The maximum atomic E-state index is 13.3. The summed E-state index contributed by atoms with van der Waals surface area (Å²) < 4.78 is 27.8. The first-order valence-electron chi connectivity index (χ1n) is 9.03. The van der Waals surface area contributed by atoms with Crippen molar-refractivity contribution in [1.29, 1.82) is 0 Å². The number of aryl methyl sites for hydroxylation is 1. The topological polar surface area (TPSA) is 66.5 Å². The van der Waals surface area contributed by atoms with E-state index in [1.807, 2.05) is 40.7 Å². The van der Waals surface area contributed by atoms with Gasteiger partial charge in [0.2, 0.25) is 5.91 Å². The SMILES string of the molecule is CCC(C)(C)NC(=O)CN(c1cccc(C)c1C)S(=O)(=O)c1ccccc1. The smallest absolute Gasteiger partial charge is 0.264 e. The van der Waals surface area contributed by atoms with E-state index in [0.29, 0.717) is 5.69 Å². The van der Waals surface area contributed by atoms with Gasteiger partial charge in [-0.2, -0.15) is 0 Å². The predicted molar refractivity (Wildman–Crippen MR) is 109 cm³/mol. The molecule has 0 aliphatic rings. The second-order valence-electron chi connectivity index (χ2n) is 7.33. The normalized spacial score (nSPS) is 11.9. The van der Waals surface area contributed by atoms with Crippen LogP contribution in [0.3, 0.4) is 0 Å². The standard InChI is InChI=1S/C21H28N2O3S/c1-6-21(4,5)22-20(24)15-23(19-14-10-11-16(2)17(19)3)27(25,26)18-12-8-7-9-13-18/h7-14H,6,15H2,1-5H3,(H,22,24). The zero-order valence-corrected chi connectivity index (χ0v) is 17.4. The molecule has 0 heterocycles. The Balaban J connectivity index is 2.50. The summed E-state index contributed by atoms with van der Waals surface area (Å²) in [7, 11) is -3.88. The Hall–Kier alpha value is -2.34. The summed E-state index contributed by atoms with van der Waals surface area (Å²) in [6, 6.07) is 13.7. The molecule has 2 aromatic rings. The molecule has 0 aromatic heterocycles. The zero-order chi connectivity index (χ0) is 20.2. The third kappa shape index (κ3) is 4.89. The minimum atomic E-state index is -3.88. The average Bonchev–Trinajstić information content (AvgIpc) is 2.62. The van der Waals surface area contributed by atoms with Gasteiger partial charge in [0.1, 0.15) is 6.54 Å². The Morgan fingerprint density at radius 3 is 2.26 bits per heavy atom. The lowest BCUT2D eigenvalue weighted by atomic mass is 10.0. The summed E-state index contributed by atoms with van der Waals surface area (Å²) in [6.45, 7) is 9.32. The van der Waals surface area contributed by atoms with Crippen LogP contribution < -0.4 is 9.62 Å². The molecule has 1 amide bonds. The molecule has 0 radical (unpaired) electrons. The molecule has 0 spiro atoms. The number of hydrogen-bond acceptors (Lipinski definition) is 3. The maximum Gasteiger partial charge on any atom is 0.264 e. The lowest BCUT2D eigenvalue weighted by Crippen LogP contribution is -2.48. The number of sulfonamides is 1. The van der Waals surface area contributed by atoms with Crippen LogP contribution >= 0.6 is 0 Å². The third-order valence-electron chi connectivity index (χ3n) is 4.82. The number of rotatable bonds is 7. The van der Waals surface area contributed by atoms with E-state index in [2.05, 4.69) is 5.32 Å². The van der Waals surface area contributed by atoms with Crippen molar-refractivity contribution in [1.82, 2.24) is 5.32 Å². The number of anilines is 1. The molecule has 0 saturated carbocycles. The Morgan fingerprint density at radius 1 is 1.04 bits per heavy atom. The third-order valence-corrected chi connectivity index (χ3v) is 6.60. The molecule has 0 bridgehead atoms. The van der Waals surface area contributed by atoms with E-state index in [-0.39, 0.29) is 17.3 Å². The van der Waals surface area contributed by atoms with Crippen LogP contribution in [0.5, 0.6) is 0 Å². The van der Waals surface area contributed by atoms with Gasteiger partial charge in [0.15, 0.2) is 0 Å². The first-order valence-corrected chi connectivity index (χ1v) is 10.5. The van der Waals surface area contributed by atoms with Crippen LogP contribution in [0.1, 0.15) is 38.3 Å². The van der Waals surface area contributed by atoms with Crippen molar-refractivity contribution in [2.45, 2.75) is 51.5 Å². The maximum absolute atomic E-state index is 13.3. The van der Waals surface area contributed by atoms with Crippen LogP contribution in [0.15, 0.2) is 53.4 Å². The first-order chi connectivity index (χ1) is 12.6.